The molecule has 0 amide bonds. The SMILES string of the molecule is NCc1c(-c2ccc(F)cc2F)ncn1Cc1ccccc1Cl. The smallest absolute Gasteiger partial charge is 0.135 e. The minimum Gasteiger partial charge on any atom is -0.328 e. The minimum absolute atomic E-state index is 0.177. The van der Waals surface area contributed by atoms with Crippen LogP contribution in [0.25, 0.3) is 11.3 Å². The van der Waals surface area contributed by atoms with Crippen molar-refractivity contribution in [2.24, 2.45) is 5.73 Å². The zero-order valence-corrected chi connectivity index (χ0v) is 12.9. The molecular formula is C17H14ClF2N3. The van der Waals surface area contributed by atoms with Crippen LogP contribution < -0.4 is 5.73 Å². The summed E-state index contributed by atoms with van der Waals surface area (Å²) in [6, 6.07) is 10.8. The monoisotopic (exact) mass is 333 g/mol. The first-order chi connectivity index (χ1) is 11.1. The Morgan fingerprint density at radius 1 is 1.13 bits per heavy atom. The van der Waals surface area contributed by atoms with Gasteiger partial charge in [-0.05, 0) is 23.8 Å². The Hall–Kier alpha value is -2.24. The highest BCUT2D eigenvalue weighted by Crippen LogP contribution is 2.26. The molecule has 1 aromatic heterocycles. The lowest BCUT2D eigenvalue weighted by atomic mass is 10.1. The van der Waals surface area contributed by atoms with Crippen molar-refractivity contribution in [2.75, 3.05) is 0 Å². The van der Waals surface area contributed by atoms with E-state index in [0.29, 0.717) is 23.0 Å². The molecule has 2 aromatic carbocycles. The van der Waals surface area contributed by atoms with Crippen LogP contribution in [0.2, 0.25) is 5.02 Å². The number of imidazole rings is 1. The average molecular weight is 334 g/mol. The Morgan fingerprint density at radius 2 is 1.91 bits per heavy atom. The quantitative estimate of drug-likeness (QED) is 0.784. The molecule has 1 heterocycles. The Kier molecular flexibility index (Phi) is 4.41. The standard InChI is InChI=1S/C17H14ClF2N3/c18-14-4-2-1-3-11(14)9-23-10-22-17(16(23)8-21)13-6-5-12(19)7-15(13)20/h1-7,10H,8-9,21H2. The molecule has 2 N–H and O–H groups in total. The van der Waals surface area contributed by atoms with Crippen molar-refractivity contribution in [2.45, 2.75) is 13.1 Å². The number of nitrogens with zero attached hydrogens (tertiary/aromatic N) is 2. The number of nitrogens with two attached hydrogens (primary N) is 1. The molecule has 0 aliphatic rings. The van der Waals surface area contributed by atoms with Crippen LogP contribution in [0.3, 0.4) is 0 Å². The second-order valence-corrected chi connectivity index (χ2v) is 5.49. The average Bonchev–Trinajstić information content (AvgIpc) is 2.92. The molecule has 23 heavy (non-hydrogen) atoms. The summed E-state index contributed by atoms with van der Waals surface area (Å²) in [7, 11) is 0. The first-order valence-corrected chi connectivity index (χ1v) is 7.41. The maximum atomic E-state index is 14.0. The molecule has 0 saturated carbocycles. The molecule has 0 saturated heterocycles. The first-order valence-electron chi connectivity index (χ1n) is 7.03. The van der Waals surface area contributed by atoms with Gasteiger partial charge in [0.15, 0.2) is 0 Å². The van der Waals surface area contributed by atoms with Gasteiger partial charge in [-0.15, -0.1) is 0 Å². The second kappa shape index (κ2) is 6.48. The molecule has 6 heteroatoms. The van der Waals surface area contributed by atoms with E-state index in [1.165, 1.54) is 12.1 Å². The van der Waals surface area contributed by atoms with Gasteiger partial charge in [0, 0.05) is 23.2 Å². The van der Waals surface area contributed by atoms with Crippen LogP contribution >= 0.6 is 11.6 Å². The summed E-state index contributed by atoms with van der Waals surface area (Å²) < 4.78 is 28.9. The predicted octanol–water partition coefficient (Wildman–Crippen LogP) is 3.99. The van der Waals surface area contributed by atoms with Crippen LogP contribution in [0.1, 0.15) is 11.3 Å². The van der Waals surface area contributed by atoms with E-state index in [4.69, 9.17) is 17.3 Å². The third-order valence-electron chi connectivity index (χ3n) is 3.62. The van der Waals surface area contributed by atoms with Crippen molar-refractivity contribution in [3.05, 3.63) is 76.7 Å². The zero-order valence-electron chi connectivity index (χ0n) is 12.1. The fourth-order valence-corrected chi connectivity index (χ4v) is 2.67. The van der Waals surface area contributed by atoms with Gasteiger partial charge in [-0.3, -0.25) is 0 Å². The van der Waals surface area contributed by atoms with Crippen LogP contribution in [0, 0.1) is 11.6 Å². The summed E-state index contributed by atoms with van der Waals surface area (Å²) >= 11 is 6.17. The predicted molar refractivity (Wildman–Crippen MR) is 86.0 cm³/mol. The van der Waals surface area contributed by atoms with E-state index in [1.807, 2.05) is 22.8 Å². The van der Waals surface area contributed by atoms with E-state index in [0.717, 1.165) is 11.6 Å². The van der Waals surface area contributed by atoms with Crippen LogP contribution in [0.15, 0.2) is 48.8 Å². The third kappa shape index (κ3) is 3.11. The number of rotatable bonds is 4. The van der Waals surface area contributed by atoms with Gasteiger partial charge in [0.2, 0.25) is 0 Å². The number of aromatic nitrogens is 2. The van der Waals surface area contributed by atoms with Gasteiger partial charge in [0.05, 0.1) is 24.3 Å². The van der Waals surface area contributed by atoms with Gasteiger partial charge < -0.3 is 10.3 Å². The van der Waals surface area contributed by atoms with E-state index in [2.05, 4.69) is 4.98 Å². The Labute approximate surface area is 137 Å². The normalized spacial score (nSPS) is 11.0. The van der Waals surface area contributed by atoms with Crippen molar-refractivity contribution < 1.29 is 8.78 Å². The first kappa shape index (κ1) is 15.6. The van der Waals surface area contributed by atoms with E-state index in [9.17, 15) is 8.78 Å². The van der Waals surface area contributed by atoms with E-state index in [1.54, 1.807) is 12.4 Å². The van der Waals surface area contributed by atoms with Crippen molar-refractivity contribution >= 4 is 11.6 Å². The zero-order chi connectivity index (χ0) is 16.4. The second-order valence-electron chi connectivity index (χ2n) is 5.09. The fourth-order valence-electron chi connectivity index (χ4n) is 2.47. The molecule has 0 fully saturated rings. The maximum Gasteiger partial charge on any atom is 0.135 e. The Balaban J connectivity index is 2.02. The largest absolute Gasteiger partial charge is 0.328 e. The molecule has 3 rings (SSSR count). The molecule has 0 radical (unpaired) electrons. The molecule has 0 unspecified atom stereocenters. The lowest BCUT2D eigenvalue weighted by molar-refractivity contribution is 0.585. The summed E-state index contributed by atoms with van der Waals surface area (Å²) in [6.45, 7) is 0.651. The summed E-state index contributed by atoms with van der Waals surface area (Å²) in [4.78, 5) is 4.25. The van der Waals surface area contributed by atoms with Crippen LogP contribution in [-0.4, -0.2) is 9.55 Å². The molecule has 0 bridgehead atoms. The summed E-state index contributed by atoms with van der Waals surface area (Å²) in [5, 5.41) is 0.638. The van der Waals surface area contributed by atoms with E-state index < -0.39 is 11.6 Å². The lowest BCUT2D eigenvalue weighted by Crippen LogP contribution is -2.09. The van der Waals surface area contributed by atoms with Gasteiger partial charge in [0.1, 0.15) is 11.6 Å². The van der Waals surface area contributed by atoms with Gasteiger partial charge >= 0.3 is 0 Å². The fraction of sp³-hybridized carbons (Fsp3) is 0.118. The Morgan fingerprint density at radius 3 is 2.61 bits per heavy atom. The van der Waals surface area contributed by atoms with Crippen molar-refractivity contribution in [3.8, 4) is 11.3 Å². The Bertz CT molecular complexity index is 846. The highest BCUT2D eigenvalue weighted by molar-refractivity contribution is 6.31. The molecule has 3 aromatic rings. The topological polar surface area (TPSA) is 43.8 Å². The molecule has 0 atom stereocenters. The minimum atomic E-state index is -0.664. The summed E-state index contributed by atoms with van der Waals surface area (Å²) in [5.41, 5.74) is 8.03. The van der Waals surface area contributed by atoms with Gasteiger partial charge in [-0.25, -0.2) is 13.8 Å². The number of benzene rings is 2. The van der Waals surface area contributed by atoms with Crippen molar-refractivity contribution in [1.82, 2.24) is 9.55 Å². The molecule has 0 spiro atoms. The highest BCUT2D eigenvalue weighted by Gasteiger charge is 2.16. The maximum absolute atomic E-state index is 14.0. The van der Waals surface area contributed by atoms with Gasteiger partial charge in [-0.1, -0.05) is 29.8 Å². The number of hydrogen-bond donors (Lipinski definition) is 1. The van der Waals surface area contributed by atoms with Crippen molar-refractivity contribution in [3.63, 3.8) is 0 Å². The highest BCUT2D eigenvalue weighted by atomic mass is 35.5. The summed E-state index contributed by atoms with van der Waals surface area (Å²) in [6.07, 6.45) is 1.59. The summed E-state index contributed by atoms with van der Waals surface area (Å²) in [5.74, 6) is -1.29. The third-order valence-corrected chi connectivity index (χ3v) is 3.99. The van der Waals surface area contributed by atoms with Crippen molar-refractivity contribution in [1.29, 1.82) is 0 Å². The van der Waals surface area contributed by atoms with Crippen LogP contribution in [-0.2, 0) is 13.1 Å². The molecule has 118 valence electrons. The molecule has 0 aliphatic carbocycles. The van der Waals surface area contributed by atoms with Gasteiger partial charge in [0.25, 0.3) is 0 Å². The van der Waals surface area contributed by atoms with E-state index in [-0.39, 0.29) is 12.1 Å². The lowest BCUT2D eigenvalue weighted by Gasteiger charge is -2.10. The van der Waals surface area contributed by atoms with Gasteiger partial charge in [-0.2, -0.15) is 0 Å². The molecule has 0 aliphatic heterocycles. The molecular weight excluding hydrogens is 320 g/mol. The van der Waals surface area contributed by atoms with Crippen LogP contribution in [0.5, 0.6) is 0 Å². The van der Waals surface area contributed by atoms with Crippen LogP contribution in [0.4, 0.5) is 8.78 Å². The van der Waals surface area contributed by atoms with E-state index >= 15 is 0 Å². The number of halogens is 3. The number of hydrogen-bond acceptors (Lipinski definition) is 2. The molecule has 3 nitrogen and oxygen atoms in total.